The smallest absolute Gasteiger partial charge is 0.123 e. The molecule has 0 unspecified atom stereocenters. The van der Waals surface area contributed by atoms with Crippen molar-refractivity contribution < 1.29 is 9.90 Å². The van der Waals surface area contributed by atoms with Crippen LogP contribution >= 0.6 is 0 Å². The summed E-state index contributed by atoms with van der Waals surface area (Å²) in [6.07, 6.45) is 12.1. The quantitative estimate of drug-likeness (QED) is 0.564. The topological polar surface area (TPSA) is 40.5 Å². The molecule has 0 radical (unpaired) electrons. The molecule has 1 N–H and O–H groups in total. The van der Waals surface area contributed by atoms with Gasteiger partial charge < -0.3 is 14.8 Å². The summed E-state index contributed by atoms with van der Waals surface area (Å²) in [6, 6.07) is 15.4. The normalized spacial score (nSPS) is 27.2. The lowest BCUT2D eigenvalue weighted by Gasteiger charge is -2.49. The number of benzene rings is 2. The second-order valence-electron chi connectivity index (χ2n) is 10.7. The standard InChI is InChI=1S/C29H37NO2/c1-29(24-5-3-2-4-6-24)16-13-23-19-26(32)11-12-27(23)28(29)22-7-9-25(10-8-22)30-17-14-21(20-31)15-18-30/h7-12,19-21,24,28,32H,2-6,13-18H2,1H3/t28-,29-/m0/s1. The highest BCUT2D eigenvalue weighted by atomic mass is 16.3. The molecule has 0 spiro atoms. The van der Waals surface area contributed by atoms with Crippen molar-refractivity contribution in [2.45, 2.75) is 70.6 Å². The van der Waals surface area contributed by atoms with Gasteiger partial charge in [0.1, 0.15) is 12.0 Å². The van der Waals surface area contributed by atoms with Crippen LogP contribution in [0.4, 0.5) is 5.69 Å². The van der Waals surface area contributed by atoms with Gasteiger partial charge in [0, 0.05) is 30.6 Å². The second-order valence-corrected chi connectivity index (χ2v) is 10.7. The molecule has 0 amide bonds. The van der Waals surface area contributed by atoms with E-state index in [9.17, 15) is 9.90 Å². The maximum atomic E-state index is 11.1. The number of phenols is 1. The van der Waals surface area contributed by atoms with E-state index in [4.69, 9.17) is 0 Å². The number of carbonyl (C=O) groups excluding carboxylic acids is 1. The molecule has 1 aliphatic heterocycles. The van der Waals surface area contributed by atoms with Gasteiger partial charge in [0.15, 0.2) is 0 Å². The van der Waals surface area contributed by atoms with Gasteiger partial charge in [-0.3, -0.25) is 0 Å². The van der Waals surface area contributed by atoms with E-state index in [1.807, 2.05) is 12.1 Å². The van der Waals surface area contributed by atoms with E-state index in [0.29, 0.717) is 11.7 Å². The van der Waals surface area contributed by atoms with E-state index < -0.39 is 0 Å². The molecule has 2 aromatic rings. The Morgan fingerprint density at radius 3 is 2.38 bits per heavy atom. The van der Waals surface area contributed by atoms with Crippen molar-refractivity contribution in [1.29, 1.82) is 0 Å². The van der Waals surface area contributed by atoms with Gasteiger partial charge in [0.2, 0.25) is 0 Å². The average molecular weight is 432 g/mol. The molecule has 1 saturated carbocycles. The number of anilines is 1. The van der Waals surface area contributed by atoms with Crippen LogP contribution in [-0.4, -0.2) is 24.5 Å². The van der Waals surface area contributed by atoms with Gasteiger partial charge >= 0.3 is 0 Å². The number of carbonyl (C=O) groups is 1. The van der Waals surface area contributed by atoms with Crippen molar-refractivity contribution in [3.63, 3.8) is 0 Å². The largest absolute Gasteiger partial charge is 0.508 e. The molecule has 2 fully saturated rings. The molecule has 5 rings (SSSR count). The number of rotatable bonds is 4. The SMILES string of the molecule is C[C@@]1(C2CCCCC2)CCc2cc(O)ccc2[C@@H]1c1ccc(N2CCC(C=O)CC2)cc1. The summed E-state index contributed by atoms with van der Waals surface area (Å²) in [7, 11) is 0. The molecular formula is C29H37NO2. The highest BCUT2D eigenvalue weighted by molar-refractivity contribution is 5.56. The predicted molar refractivity (Wildman–Crippen MR) is 130 cm³/mol. The lowest BCUT2D eigenvalue weighted by molar-refractivity contribution is -0.111. The Morgan fingerprint density at radius 1 is 0.969 bits per heavy atom. The Hall–Kier alpha value is -2.29. The minimum atomic E-state index is 0.233. The minimum Gasteiger partial charge on any atom is -0.508 e. The van der Waals surface area contributed by atoms with Crippen molar-refractivity contribution >= 4 is 12.0 Å². The summed E-state index contributed by atoms with van der Waals surface area (Å²) >= 11 is 0. The molecule has 3 nitrogen and oxygen atoms in total. The predicted octanol–water partition coefficient (Wildman–Crippen LogP) is 6.47. The minimum absolute atomic E-state index is 0.233. The first-order valence-corrected chi connectivity index (χ1v) is 12.7. The molecule has 2 atom stereocenters. The zero-order valence-corrected chi connectivity index (χ0v) is 19.4. The van der Waals surface area contributed by atoms with Crippen molar-refractivity contribution in [3.8, 4) is 5.75 Å². The van der Waals surface area contributed by atoms with Gasteiger partial charge in [-0.15, -0.1) is 0 Å². The first-order valence-electron chi connectivity index (χ1n) is 12.7. The van der Waals surface area contributed by atoms with E-state index in [1.54, 1.807) is 0 Å². The monoisotopic (exact) mass is 431 g/mol. The van der Waals surface area contributed by atoms with Gasteiger partial charge in [0.05, 0.1) is 0 Å². The van der Waals surface area contributed by atoms with Crippen LogP contribution in [0.15, 0.2) is 42.5 Å². The maximum Gasteiger partial charge on any atom is 0.123 e. The van der Waals surface area contributed by atoms with Crippen LogP contribution in [0.25, 0.3) is 0 Å². The van der Waals surface area contributed by atoms with Crippen molar-refractivity contribution in [3.05, 3.63) is 59.2 Å². The number of aryl methyl sites for hydroxylation is 1. The van der Waals surface area contributed by atoms with Crippen molar-refractivity contribution in [2.75, 3.05) is 18.0 Å². The third kappa shape index (κ3) is 3.95. The zero-order chi connectivity index (χ0) is 22.1. The first kappa shape index (κ1) is 21.6. The molecule has 3 heteroatoms. The molecule has 0 aromatic heterocycles. The van der Waals surface area contributed by atoms with Gasteiger partial charge in [0.25, 0.3) is 0 Å². The fourth-order valence-electron chi connectivity index (χ4n) is 6.93. The van der Waals surface area contributed by atoms with Gasteiger partial charge in [-0.05, 0) is 90.8 Å². The second kappa shape index (κ2) is 8.92. The molecule has 2 aliphatic carbocycles. The van der Waals surface area contributed by atoms with E-state index in [2.05, 4.69) is 42.2 Å². The van der Waals surface area contributed by atoms with E-state index in [0.717, 1.165) is 44.6 Å². The lowest BCUT2D eigenvalue weighted by Crippen LogP contribution is -2.39. The number of hydrogen-bond donors (Lipinski definition) is 1. The van der Waals surface area contributed by atoms with Crippen LogP contribution in [-0.2, 0) is 11.2 Å². The van der Waals surface area contributed by atoms with Crippen LogP contribution in [0.1, 0.15) is 80.9 Å². The van der Waals surface area contributed by atoms with E-state index in [1.165, 1.54) is 60.9 Å². The van der Waals surface area contributed by atoms with Crippen LogP contribution in [0.2, 0.25) is 0 Å². The number of hydrogen-bond acceptors (Lipinski definition) is 3. The van der Waals surface area contributed by atoms with Crippen LogP contribution in [0.5, 0.6) is 5.75 Å². The van der Waals surface area contributed by atoms with Crippen molar-refractivity contribution in [2.24, 2.45) is 17.3 Å². The van der Waals surface area contributed by atoms with E-state index >= 15 is 0 Å². The molecule has 32 heavy (non-hydrogen) atoms. The highest BCUT2D eigenvalue weighted by Gasteiger charge is 2.45. The summed E-state index contributed by atoms with van der Waals surface area (Å²) in [4.78, 5) is 13.5. The fourth-order valence-corrected chi connectivity index (χ4v) is 6.93. The lowest BCUT2D eigenvalue weighted by atomic mass is 9.55. The maximum absolute atomic E-state index is 11.1. The Morgan fingerprint density at radius 2 is 1.69 bits per heavy atom. The summed E-state index contributed by atoms with van der Waals surface area (Å²) < 4.78 is 0. The number of nitrogens with zero attached hydrogens (tertiary/aromatic N) is 1. The number of phenolic OH excluding ortho intramolecular Hbond substituents is 1. The molecular weight excluding hydrogens is 394 g/mol. The van der Waals surface area contributed by atoms with Gasteiger partial charge in [-0.2, -0.15) is 0 Å². The first-order chi connectivity index (χ1) is 15.6. The molecule has 170 valence electrons. The number of fused-ring (bicyclic) bond motifs is 1. The zero-order valence-electron chi connectivity index (χ0n) is 19.4. The van der Waals surface area contributed by atoms with E-state index in [-0.39, 0.29) is 11.3 Å². The van der Waals surface area contributed by atoms with Crippen LogP contribution < -0.4 is 4.90 Å². The van der Waals surface area contributed by atoms with Crippen LogP contribution in [0, 0.1) is 17.3 Å². The summed E-state index contributed by atoms with van der Waals surface area (Å²) in [5.41, 5.74) is 5.69. The molecule has 1 saturated heterocycles. The summed E-state index contributed by atoms with van der Waals surface area (Å²) in [5, 5.41) is 10.1. The molecule has 0 bridgehead atoms. The Labute approximate surface area is 192 Å². The molecule has 1 heterocycles. The Bertz CT molecular complexity index is 938. The Balaban J connectivity index is 1.47. The third-order valence-corrected chi connectivity index (χ3v) is 8.89. The Kier molecular flexibility index (Phi) is 6.01. The molecule has 2 aromatic carbocycles. The van der Waals surface area contributed by atoms with Gasteiger partial charge in [-0.25, -0.2) is 0 Å². The third-order valence-electron chi connectivity index (χ3n) is 8.89. The van der Waals surface area contributed by atoms with Gasteiger partial charge in [-0.1, -0.05) is 44.4 Å². The average Bonchev–Trinajstić information content (AvgIpc) is 2.85. The highest BCUT2D eigenvalue weighted by Crippen LogP contribution is 2.56. The number of aldehydes is 1. The fraction of sp³-hybridized carbons (Fsp3) is 0.552. The number of piperidine rings is 1. The van der Waals surface area contributed by atoms with Crippen LogP contribution in [0.3, 0.4) is 0 Å². The van der Waals surface area contributed by atoms with Crippen molar-refractivity contribution in [1.82, 2.24) is 0 Å². The molecule has 3 aliphatic rings. The number of aromatic hydroxyl groups is 1. The summed E-state index contributed by atoms with van der Waals surface area (Å²) in [6.45, 7) is 4.48. The summed E-state index contributed by atoms with van der Waals surface area (Å²) in [5.74, 6) is 1.77.